The normalized spacial score (nSPS) is 18.7. The van der Waals surface area contributed by atoms with Crippen LogP contribution in [0.1, 0.15) is 33.6 Å². The van der Waals surface area contributed by atoms with Gasteiger partial charge in [0.05, 0.1) is 11.9 Å². The van der Waals surface area contributed by atoms with Crippen LogP contribution in [0, 0.1) is 0 Å². The van der Waals surface area contributed by atoms with E-state index in [-0.39, 0.29) is 11.5 Å². The van der Waals surface area contributed by atoms with E-state index in [2.05, 4.69) is 0 Å². The predicted octanol–water partition coefficient (Wildman–Crippen LogP) is 1.90. The SMILES string of the molecule is CC(C)(C)O/C=C/N1CCCC1=O. The monoisotopic (exact) mass is 183 g/mol. The summed E-state index contributed by atoms with van der Waals surface area (Å²) in [4.78, 5) is 12.8. The second kappa shape index (κ2) is 3.81. The average Bonchev–Trinajstić information content (AvgIpc) is 2.34. The Morgan fingerprint density at radius 1 is 1.46 bits per heavy atom. The quantitative estimate of drug-likeness (QED) is 0.612. The third-order valence-electron chi connectivity index (χ3n) is 1.77. The number of rotatable bonds is 2. The lowest BCUT2D eigenvalue weighted by atomic mass is 10.2. The maximum absolute atomic E-state index is 11.1. The molecule has 0 spiro atoms. The van der Waals surface area contributed by atoms with E-state index in [4.69, 9.17) is 4.74 Å². The van der Waals surface area contributed by atoms with Crippen LogP contribution in [-0.4, -0.2) is 23.0 Å². The van der Waals surface area contributed by atoms with E-state index in [1.165, 1.54) is 0 Å². The molecule has 0 N–H and O–H groups in total. The Balaban J connectivity index is 2.35. The standard InChI is InChI=1S/C10H17NO2/c1-10(2,3)13-8-7-11-6-4-5-9(11)12/h7-8H,4-6H2,1-3H3/b8-7+. The van der Waals surface area contributed by atoms with Gasteiger partial charge in [-0.25, -0.2) is 0 Å². The molecule has 1 amide bonds. The van der Waals surface area contributed by atoms with Crippen molar-refractivity contribution in [3.05, 3.63) is 12.5 Å². The predicted molar refractivity (Wildman–Crippen MR) is 50.9 cm³/mol. The van der Waals surface area contributed by atoms with Crippen molar-refractivity contribution in [2.45, 2.75) is 39.2 Å². The summed E-state index contributed by atoms with van der Waals surface area (Å²) in [6, 6.07) is 0. The van der Waals surface area contributed by atoms with Crippen LogP contribution < -0.4 is 0 Å². The number of ether oxygens (including phenoxy) is 1. The van der Waals surface area contributed by atoms with E-state index in [0.29, 0.717) is 6.42 Å². The molecule has 1 aliphatic heterocycles. The van der Waals surface area contributed by atoms with Crippen molar-refractivity contribution in [3.8, 4) is 0 Å². The fraction of sp³-hybridized carbons (Fsp3) is 0.700. The number of likely N-dealkylation sites (tertiary alicyclic amines) is 1. The van der Waals surface area contributed by atoms with Gasteiger partial charge in [-0.15, -0.1) is 0 Å². The van der Waals surface area contributed by atoms with E-state index in [0.717, 1.165) is 13.0 Å². The summed E-state index contributed by atoms with van der Waals surface area (Å²) in [5, 5.41) is 0. The third kappa shape index (κ3) is 3.49. The Bertz CT molecular complexity index is 215. The molecule has 0 aromatic heterocycles. The second-order valence-corrected chi connectivity index (χ2v) is 4.21. The van der Waals surface area contributed by atoms with Crippen LogP contribution in [0.25, 0.3) is 0 Å². The molecule has 13 heavy (non-hydrogen) atoms. The van der Waals surface area contributed by atoms with Crippen molar-refractivity contribution in [2.24, 2.45) is 0 Å². The summed E-state index contributed by atoms with van der Waals surface area (Å²) in [5.41, 5.74) is -0.181. The summed E-state index contributed by atoms with van der Waals surface area (Å²) in [5.74, 6) is 0.189. The molecule has 1 aliphatic rings. The summed E-state index contributed by atoms with van der Waals surface area (Å²) in [6.45, 7) is 6.75. The van der Waals surface area contributed by atoms with Crippen LogP contribution in [0.2, 0.25) is 0 Å². The van der Waals surface area contributed by atoms with Crippen molar-refractivity contribution in [3.63, 3.8) is 0 Å². The number of nitrogens with zero attached hydrogens (tertiary/aromatic N) is 1. The van der Waals surface area contributed by atoms with E-state index in [9.17, 15) is 4.79 Å². The molecule has 0 aliphatic carbocycles. The highest BCUT2D eigenvalue weighted by Gasteiger charge is 2.17. The van der Waals surface area contributed by atoms with E-state index in [1.807, 2.05) is 20.8 Å². The minimum Gasteiger partial charge on any atom is -0.494 e. The fourth-order valence-electron chi connectivity index (χ4n) is 1.13. The fourth-order valence-corrected chi connectivity index (χ4v) is 1.13. The third-order valence-corrected chi connectivity index (χ3v) is 1.77. The Hall–Kier alpha value is -0.990. The molecule has 0 aromatic rings. The topological polar surface area (TPSA) is 29.5 Å². The number of hydrogen-bond donors (Lipinski definition) is 0. The molecule has 74 valence electrons. The summed E-state index contributed by atoms with van der Waals surface area (Å²) in [6.07, 6.45) is 4.95. The van der Waals surface area contributed by atoms with Gasteiger partial charge in [0, 0.05) is 19.2 Å². The van der Waals surface area contributed by atoms with Crippen molar-refractivity contribution in [1.82, 2.24) is 4.90 Å². The zero-order valence-electron chi connectivity index (χ0n) is 8.54. The summed E-state index contributed by atoms with van der Waals surface area (Å²) < 4.78 is 5.37. The molecule has 0 aromatic carbocycles. The van der Waals surface area contributed by atoms with Crippen LogP contribution in [0.4, 0.5) is 0 Å². The molecule has 1 saturated heterocycles. The van der Waals surface area contributed by atoms with Gasteiger partial charge >= 0.3 is 0 Å². The molecule has 3 nitrogen and oxygen atoms in total. The Labute approximate surface area is 79.4 Å². The molecule has 1 rings (SSSR count). The molecule has 0 radical (unpaired) electrons. The van der Waals surface area contributed by atoms with Crippen molar-refractivity contribution in [1.29, 1.82) is 0 Å². The van der Waals surface area contributed by atoms with Gasteiger partial charge in [-0.3, -0.25) is 4.79 Å². The van der Waals surface area contributed by atoms with Crippen molar-refractivity contribution in [2.75, 3.05) is 6.54 Å². The minimum absolute atomic E-state index is 0.181. The first-order valence-corrected chi connectivity index (χ1v) is 4.63. The minimum atomic E-state index is -0.181. The van der Waals surface area contributed by atoms with Gasteiger partial charge in [0.25, 0.3) is 0 Å². The van der Waals surface area contributed by atoms with Gasteiger partial charge < -0.3 is 9.64 Å². The molecule has 0 atom stereocenters. The van der Waals surface area contributed by atoms with Crippen LogP contribution in [-0.2, 0) is 9.53 Å². The lowest BCUT2D eigenvalue weighted by Gasteiger charge is -2.18. The molecule has 0 bridgehead atoms. The number of amides is 1. The first-order chi connectivity index (χ1) is 5.99. The average molecular weight is 183 g/mol. The maximum Gasteiger partial charge on any atom is 0.226 e. The lowest BCUT2D eigenvalue weighted by Crippen LogP contribution is -2.19. The van der Waals surface area contributed by atoms with Gasteiger partial charge in [-0.1, -0.05) is 0 Å². The van der Waals surface area contributed by atoms with Crippen molar-refractivity contribution >= 4 is 5.91 Å². The smallest absolute Gasteiger partial charge is 0.226 e. The van der Waals surface area contributed by atoms with Crippen LogP contribution in [0.3, 0.4) is 0 Å². The van der Waals surface area contributed by atoms with Gasteiger partial charge in [-0.2, -0.15) is 0 Å². The van der Waals surface area contributed by atoms with E-state index in [1.54, 1.807) is 17.4 Å². The molecule has 3 heteroatoms. The second-order valence-electron chi connectivity index (χ2n) is 4.21. The Morgan fingerprint density at radius 2 is 2.15 bits per heavy atom. The zero-order chi connectivity index (χ0) is 9.90. The van der Waals surface area contributed by atoms with Crippen LogP contribution in [0.5, 0.6) is 0 Å². The molecule has 0 saturated carbocycles. The first-order valence-electron chi connectivity index (χ1n) is 4.63. The first kappa shape index (κ1) is 10.1. The van der Waals surface area contributed by atoms with E-state index >= 15 is 0 Å². The van der Waals surface area contributed by atoms with Gasteiger partial charge in [-0.05, 0) is 27.2 Å². The van der Waals surface area contributed by atoms with Gasteiger partial charge in [0.2, 0.25) is 5.91 Å². The molecular formula is C10H17NO2. The highest BCUT2D eigenvalue weighted by molar-refractivity contribution is 5.79. The van der Waals surface area contributed by atoms with Gasteiger partial charge in [0.1, 0.15) is 0 Å². The molecule has 0 unspecified atom stereocenters. The number of carbonyl (C=O) groups excluding carboxylic acids is 1. The lowest BCUT2D eigenvalue weighted by molar-refractivity contribution is -0.125. The number of hydrogen-bond acceptors (Lipinski definition) is 2. The molecule has 1 heterocycles. The number of carbonyl (C=O) groups is 1. The Kier molecular flexibility index (Phi) is 2.96. The zero-order valence-corrected chi connectivity index (χ0v) is 8.54. The highest BCUT2D eigenvalue weighted by atomic mass is 16.5. The largest absolute Gasteiger partial charge is 0.494 e. The molecular weight excluding hydrogens is 166 g/mol. The highest BCUT2D eigenvalue weighted by Crippen LogP contribution is 2.11. The summed E-state index contributed by atoms with van der Waals surface area (Å²) in [7, 11) is 0. The van der Waals surface area contributed by atoms with E-state index < -0.39 is 0 Å². The summed E-state index contributed by atoms with van der Waals surface area (Å²) >= 11 is 0. The van der Waals surface area contributed by atoms with Gasteiger partial charge in [0.15, 0.2) is 0 Å². The maximum atomic E-state index is 11.1. The van der Waals surface area contributed by atoms with Crippen LogP contribution in [0.15, 0.2) is 12.5 Å². The van der Waals surface area contributed by atoms with Crippen LogP contribution >= 0.6 is 0 Å². The van der Waals surface area contributed by atoms with Crippen molar-refractivity contribution < 1.29 is 9.53 Å². The molecule has 1 fully saturated rings. The Morgan fingerprint density at radius 3 is 2.62 bits per heavy atom.